The zero-order valence-electron chi connectivity index (χ0n) is 11.0. The fourth-order valence-electron chi connectivity index (χ4n) is 1.80. The molecule has 0 radical (unpaired) electrons. The number of rotatable bonds is 2. The van der Waals surface area contributed by atoms with E-state index >= 15 is 0 Å². The third-order valence-electron chi connectivity index (χ3n) is 2.80. The molecule has 1 aromatic heterocycles. The number of hydrogen-bond acceptors (Lipinski definition) is 3. The first-order valence-electron chi connectivity index (χ1n) is 5.98. The number of nitrogens with two attached hydrogens (primary N) is 1. The van der Waals surface area contributed by atoms with Crippen molar-refractivity contribution in [2.45, 2.75) is 13.1 Å². The molecule has 0 saturated heterocycles. The summed E-state index contributed by atoms with van der Waals surface area (Å²) in [4.78, 5) is 15.9. The van der Waals surface area contributed by atoms with Gasteiger partial charge in [0, 0.05) is 17.6 Å². The Morgan fingerprint density at radius 1 is 1.29 bits per heavy atom. The average molecular weight is 295 g/mol. The summed E-state index contributed by atoms with van der Waals surface area (Å²) in [6, 6.07) is 6.21. The van der Waals surface area contributed by atoms with Crippen LogP contribution >= 0.6 is 0 Å². The number of nitrogen functional groups attached to an aromatic ring is 1. The summed E-state index contributed by atoms with van der Waals surface area (Å²) in [5.41, 5.74) is 5.23. The van der Waals surface area contributed by atoms with Gasteiger partial charge in [0.15, 0.2) is 0 Å². The molecule has 0 unspecified atom stereocenters. The topological polar surface area (TPSA) is 68.0 Å². The quantitative estimate of drug-likeness (QED) is 0.893. The van der Waals surface area contributed by atoms with E-state index in [1.54, 1.807) is 6.92 Å². The molecule has 0 bridgehead atoms. The number of nitrogens with one attached hydrogen (secondary N) is 1. The summed E-state index contributed by atoms with van der Waals surface area (Å²) in [6.07, 6.45) is -3.32. The average Bonchev–Trinajstić information content (AvgIpc) is 2.37. The standard InChI is InChI=1S/C14H12F3N3O/c1-8-6-11(18)9(7-19-8)13(21)20-12-5-3-2-4-10(12)14(15,16)17/h2-7H,1H3,(H2,18,19)(H,20,21). The zero-order chi connectivity index (χ0) is 15.6. The van der Waals surface area contributed by atoms with Gasteiger partial charge < -0.3 is 11.1 Å². The highest BCUT2D eigenvalue weighted by atomic mass is 19.4. The van der Waals surface area contributed by atoms with Gasteiger partial charge in [-0.15, -0.1) is 0 Å². The first-order valence-corrected chi connectivity index (χ1v) is 5.98. The molecule has 1 aromatic carbocycles. The summed E-state index contributed by atoms with van der Waals surface area (Å²) in [5, 5.41) is 2.21. The molecule has 0 atom stereocenters. The molecule has 3 N–H and O–H groups in total. The van der Waals surface area contributed by atoms with Gasteiger partial charge in [-0.05, 0) is 25.1 Å². The molecule has 4 nitrogen and oxygen atoms in total. The number of para-hydroxylation sites is 1. The third kappa shape index (κ3) is 3.31. The molecule has 21 heavy (non-hydrogen) atoms. The van der Waals surface area contributed by atoms with Crippen LogP contribution in [0.3, 0.4) is 0 Å². The van der Waals surface area contributed by atoms with Crippen molar-refractivity contribution in [2.24, 2.45) is 0 Å². The Labute approximate surface area is 118 Å². The van der Waals surface area contributed by atoms with E-state index in [0.717, 1.165) is 6.07 Å². The minimum atomic E-state index is -4.55. The zero-order valence-corrected chi connectivity index (χ0v) is 11.0. The Bertz CT molecular complexity index is 683. The monoisotopic (exact) mass is 295 g/mol. The minimum Gasteiger partial charge on any atom is -0.398 e. The number of carbonyl (C=O) groups is 1. The second-order valence-electron chi connectivity index (χ2n) is 4.41. The number of alkyl halides is 3. The molecule has 0 saturated carbocycles. The van der Waals surface area contributed by atoms with Gasteiger partial charge in [0.05, 0.1) is 16.8 Å². The Morgan fingerprint density at radius 2 is 1.95 bits per heavy atom. The molecular formula is C14H12F3N3O. The van der Waals surface area contributed by atoms with E-state index < -0.39 is 17.6 Å². The van der Waals surface area contributed by atoms with Crippen molar-refractivity contribution < 1.29 is 18.0 Å². The lowest BCUT2D eigenvalue weighted by Crippen LogP contribution is -2.18. The SMILES string of the molecule is Cc1cc(N)c(C(=O)Nc2ccccc2C(F)(F)F)cn1. The Kier molecular flexibility index (Phi) is 3.84. The summed E-state index contributed by atoms with van der Waals surface area (Å²) < 4.78 is 38.5. The van der Waals surface area contributed by atoms with E-state index in [2.05, 4.69) is 10.3 Å². The predicted molar refractivity (Wildman–Crippen MR) is 72.8 cm³/mol. The second kappa shape index (κ2) is 5.43. The second-order valence-corrected chi connectivity index (χ2v) is 4.41. The van der Waals surface area contributed by atoms with Gasteiger partial charge >= 0.3 is 6.18 Å². The number of carbonyl (C=O) groups excluding carboxylic acids is 1. The number of benzene rings is 1. The smallest absolute Gasteiger partial charge is 0.398 e. The number of aryl methyl sites for hydroxylation is 1. The van der Waals surface area contributed by atoms with Gasteiger partial charge in [-0.25, -0.2) is 0 Å². The lowest BCUT2D eigenvalue weighted by Gasteiger charge is -2.14. The van der Waals surface area contributed by atoms with E-state index in [-0.39, 0.29) is 16.9 Å². The maximum atomic E-state index is 12.8. The Balaban J connectivity index is 2.32. The third-order valence-corrected chi connectivity index (χ3v) is 2.80. The Morgan fingerprint density at radius 3 is 2.57 bits per heavy atom. The molecular weight excluding hydrogens is 283 g/mol. The number of hydrogen-bond donors (Lipinski definition) is 2. The van der Waals surface area contributed by atoms with Crippen molar-refractivity contribution in [1.82, 2.24) is 4.98 Å². The number of nitrogens with zero attached hydrogens (tertiary/aromatic N) is 1. The number of halogens is 3. The van der Waals surface area contributed by atoms with Crippen LogP contribution in [0.25, 0.3) is 0 Å². The molecule has 0 spiro atoms. The van der Waals surface area contributed by atoms with Crippen molar-refractivity contribution in [3.63, 3.8) is 0 Å². The number of anilines is 2. The lowest BCUT2D eigenvalue weighted by atomic mass is 10.1. The maximum absolute atomic E-state index is 12.8. The van der Waals surface area contributed by atoms with Crippen molar-refractivity contribution in [1.29, 1.82) is 0 Å². The van der Waals surface area contributed by atoms with Crippen LogP contribution in [0.5, 0.6) is 0 Å². The number of pyridine rings is 1. The number of amides is 1. The van der Waals surface area contributed by atoms with Gasteiger partial charge in [-0.2, -0.15) is 13.2 Å². The highest BCUT2D eigenvalue weighted by Crippen LogP contribution is 2.34. The van der Waals surface area contributed by atoms with E-state index in [1.165, 1.54) is 30.5 Å². The summed E-state index contributed by atoms with van der Waals surface area (Å²) >= 11 is 0. The van der Waals surface area contributed by atoms with Crippen molar-refractivity contribution in [2.75, 3.05) is 11.1 Å². The maximum Gasteiger partial charge on any atom is 0.418 e. The molecule has 2 aromatic rings. The lowest BCUT2D eigenvalue weighted by molar-refractivity contribution is -0.136. The molecule has 0 aliphatic carbocycles. The van der Waals surface area contributed by atoms with Crippen molar-refractivity contribution in [3.05, 3.63) is 53.3 Å². The molecule has 0 aliphatic rings. The van der Waals surface area contributed by atoms with Crippen LogP contribution in [-0.4, -0.2) is 10.9 Å². The van der Waals surface area contributed by atoms with Crippen molar-refractivity contribution >= 4 is 17.3 Å². The Hall–Kier alpha value is -2.57. The molecule has 1 amide bonds. The van der Waals surface area contributed by atoms with Gasteiger partial charge in [-0.1, -0.05) is 12.1 Å². The van der Waals surface area contributed by atoms with E-state index in [4.69, 9.17) is 5.73 Å². The molecule has 0 aliphatic heterocycles. The molecule has 0 fully saturated rings. The normalized spacial score (nSPS) is 11.2. The highest BCUT2D eigenvalue weighted by Gasteiger charge is 2.33. The van der Waals surface area contributed by atoms with E-state index in [9.17, 15) is 18.0 Å². The van der Waals surface area contributed by atoms with Gasteiger partial charge in [-0.3, -0.25) is 9.78 Å². The van der Waals surface area contributed by atoms with E-state index in [1.807, 2.05) is 0 Å². The molecule has 2 rings (SSSR count). The van der Waals surface area contributed by atoms with Crippen LogP contribution in [-0.2, 0) is 6.18 Å². The van der Waals surface area contributed by atoms with Crippen LogP contribution in [0.2, 0.25) is 0 Å². The summed E-state index contributed by atoms with van der Waals surface area (Å²) in [7, 11) is 0. The number of aromatic nitrogens is 1. The first kappa shape index (κ1) is 14.8. The molecule has 1 heterocycles. The van der Waals surface area contributed by atoms with E-state index in [0.29, 0.717) is 5.69 Å². The minimum absolute atomic E-state index is 0.0255. The molecule has 110 valence electrons. The van der Waals surface area contributed by atoms with Crippen LogP contribution in [0, 0.1) is 6.92 Å². The van der Waals surface area contributed by atoms with Crippen LogP contribution in [0.1, 0.15) is 21.6 Å². The largest absolute Gasteiger partial charge is 0.418 e. The van der Waals surface area contributed by atoms with Crippen LogP contribution < -0.4 is 11.1 Å². The van der Waals surface area contributed by atoms with Crippen molar-refractivity contribution in [3.8, 4) is 0 Å². The fourth-order valence-corrected chi connectivity index (χ4v) is 1.80. The summed E-state index contributed by atoms with van der Waals surface area (Å²) in [6.45, 7) is 1.69. The highest BCUT2D eigenvalue weighted by molar-refractivity contribution is 6.07. The van der Waals surface area contributed by atoms with Gasteiger partial charge in [0.1, 0.15) is 0 Å². The predicted octanol–water partition coefficient (Wildman–Crippen LogP) is 3.24. The fraction of sp³-hybridized carbons (Fsp3) is 0.143. The summed E-state index contributed by atoms with van der Waals surface area (Å²) in [5.74, 6) is -0.739. The van der Waals surface area contributed by atoms with Gasteiger partial charge in [0.25, 0.3) is 5.91 Å². The van der Waals surface area contributed by atoms with Crippen LogP contribution in [0.15, 0.2) is 36.5 Å². The van der Waals surface area contributed by atoms with Gasteiger partial charge in [0.2, 0.25) is 0 Å². The molecule has 7 heteroatoms. The first-order chi connectivity index (χ1) is 9.79. The van der Waals surface area contributed by atoms with Crippen LogP contribution in [0.4, 0.5) is 24.5 Å².